The number of β-amino-alcohol motifs (C(OH)–C–C–N with tert-alkyl or cyclic N) is 1. The van der Waals surface area contributed by atoms with Crippen molar-refractivity contribution < 1.29 is 24.3 Å². The van der Waals surface area contributed by atoms with Crippen molar-refractivity contribution in [3.05, 3.63) is 76.4 Å². The molecule has 3 heterocycles. The molecule has 5 rings (SSSR count). The molecular formula is C31H35N5O5S. The Hall–Kier alpha value is -3.93. The largest absolute Gasteiger partial charge is 0.391 e. The Kier molecular flexibility index (Phi) is 8.02. The van der Waals surface area contributed by atoms with Gasteiger partial charge in [-0.1, -0.05) is 57.2 Å². The van der Waals surface area contributed by atoms with E-state index in [4.69, 9.17) is 5.73 Å². The van der Waals surface area contributed by atoms with Crippen molar-refractivity contribution in [3.8, 4) is 10.4 Å². The van der Waals surface area contributed by atoms with E-state index in [1.807, 2.05) is 52.0 Å². The number of hydrogen-bond donors (Lipinski definition) is 3. The summed E-state index contributed by atoms with van der Waals surface area (Å²) in [5, 5.41) is 13.4. The van der Waals surface area contributed by atoms with E-state index in [2.05, 4.69) is 10.3 Å². The van der Waals surface area contributed by atoms with Crippen LogP contribution in [-0.2, 0) is 9.59 Å². The van der Waals surface area contributed by atoms with E-state index < -0.39 is 53.3 Å². The standard InChI is InChI=1S/C31H35N5O5S/c1-17-25(42-16-33-17)19-11-9-18(10-12-19)23(15-36-28(39)21-7-5-6-8-22(21)29(36)40)34-27(38)24-13-20(37)14-35(24)30(41)26(32)31(2,3)4/h5-12,16,20,23-24,26,37H,13-15,32H2,1-4H3,(H,34,38)/t20-,23?,24+,26-/m1/s1. The lowest BCUT2D eigenvalue weighted by molar-refractivity contribution is -0.141. The van der Waals surface area contributed by atoms with E-state index in [9.17, 15) is 24.3 Å². The summed E-state index contributed by atoms with van der Waals surface area (Å²) >= 11 is 1.52. The number of thiazole rings is 1. The summed E-state index contributed by atoms with van der Waals surface area (Å²) in [5.74, 6) is -1.78. The number of nitrogens with zero attached hydrogens (tertiary/aromatic N) is 3. The summed E-state index contributed by atoms with van der Waals surface area (Å²) < 4.78 is 0. The number of nitrogens with two attached hydrogens (primary N) is 1. The van der Waals surface area contributed by atoms with Gasteiger partial charge in [0.15, 0.2) is 0 Å². The molecule has 0 spiro atoms. The van der Waals surface area contributed by atoms with Crippen LogP contribution in [0.5, 0.6) is 0 Å². The van der Waals surface area contributed by atoms with Crippen LogP contribution in [0.15, 0.2) is 54.0 Å². The van der Waals surface area contributed by atoms with Gasteiger partial charge in [0, 0.05) is 13.0 Å². The molecule has 42 heavy (non-hydrogen) atoms. The number of carbonyl (C=O) groups excluding carboxylic acids is 4. The van der Waals surface area contributed by atoms with Crippen molar-refractivity contribution in [1.82, 2.24) is 20.1 Å². The molecule has 1 unspecified atom stereocenters. The topological polar surface area (TPSA) is 146 Å². The fraction of sp³-hybridized carbons (Fsp3) is 0.387. The Morgan fingerprint density at radius 3 is 2.26 bits per heavy atom. The Bertz CT molecular complexity index is 1490. The molecule has 0 saturated carbocycles. The van der Waals surface area contributed by atoms with Crippen molar-refractivity contribution >= 4 is 35.0 Å². The van der Waals surface area contributed by atoms with Gasteiger partial charge in [-0.05, 0) is 35.6 Å². The second kappa shape index (κ2) is 11.4. The first kappa shape index (κ1) is 29.6. The van der Waals surface area contributed by atoms with Gasteiger partial charge in [0.1, 0.15) is 6.04 Å². The van der Waals surface area contributed by atoms with Crippen molar-refractivity contribution in [1.29, 1.82) is 0 Å². The fourth-order valence-corrected chi connectivity index (χ4v) is 6.20. The van der Waals surface area contributed by atoms with Gasteiger partial charge >= 0.3 is 0 Å². The zero-order chi connectivity index (χ0) is 30.3. The number of aryl methyl sites for hydroxylation is 1. The molecule has 3 aromatic rings. The molecule has 0 radical (unpaired) electrons. The monoisotopic (exact) mass is 589 g/mol. The van der Waals surface area contributed by atoms with Gasteiger partial charge in [0.2, 0.25) is 11.8 Å². The second-order valence-electron chi connectivity index (χ2n) is 12.0. The van der Waals surface area contributed by atoms with E-state index in [0.29, 0.717) is 16.7 Å². The molecule has 1 aromatic heterocycles. The number of carbonyl (C=O) groups is 4. The molecule has 0 aliphatic carbocycles. The molecule has 11 heteroatoms. The SMILES string of the molecule is Cc1ncsc1-c1ccc(C(CN2C(=O)c3ccccc3C2=O)NC(=O)[C@@H]2C[C@@H](O)CN2C(=O)[C@@H](N)C(C)(C)C)cc1. The first-order valence-electron chi connectivity index (χ1n) is 13.9. The highest BCUT2D eigenvalue weighted by Crippen LogP contribution is 2.31. The van der Waals surface area contributed by atoms with E-state index in [-0.39, 0.29) is 19.5 Å². The van der Waals surface area contributed by atoms with Crippen molar-refractivity contribution in [3.63, 3.8) is 0 Å². The lowest BCUT2D eigenvalue weighted by atomic mass is 9.86. The highest BCUT2D eigenvalue weighted by molar-refractivity contribution is 7.13. The third-order valence-electron chi connectivity index (χ3n) is 7.94. The van der Waals surface area contributed by atoms with Gasteiger partial charge < -0.3 is 21.1 Å². The molecule has 1 fully saturated rings. The Morgan fingerprint density at radius 1 is 1.10 bits per heavy atom. The minimum Gasteiger partial charge on any atom is -0.391 e. The third-order valence-corrected chi connectivity index (χ3v) is 8.92. The molecule has 1 saturated heterocycles. The number of imide groups is 1. The molecule has 2 aliphatic rings. The number of benzene rings is 2. The zero-order valence-corrected chi connectivity index (χ0v) is 24.9. The summed E-state index contributed by atoms with van der Waals surface area (Å²) in [6.07, 6.45) is -0.828. The Labute approximate surface area is 248 Å². The molecule has 10 nitrogen and oxygen atoms in total. The Morgan fingerprint density at radius 2 is 1.71 bits per heavy atom. The molecule has 2 aromatic carbocycles. The first-order chi connectivity index (χ1) is 19.9. The zero-order valence-electron chi connectivity index (χ0n) is 24.0. The number of nitrogens with one attached hydrogen (secondary N) is 1. The highest BCUT2D eigenvalue weighted by Gasteiger charge is 2.44. The quantitative estimate of drug-likeness (QED) is 0.359. The van der Waals surface area contributed by atoms with Crippen LogP contribution < -0.4 is 11.1 Å². The van der Waals surface area contributed by atoms with Crippen LogP contribution in [0.1, 0.15) is 65.2 Å². The lowest BCUT2D eigenvalue weighted by Gasteiger charge is -2.33. The normalized spacial score (nSPS) is 20.0. The van der Waals surface area contributed by atoms with Gasteiger partial charge in [-0.2, -0.15) is 0 Å². The molecule has 4 amide bonds. The van der Waals surface area contributed by atoms with Gasteiger partial charge in [-0.3, -0.25) is 24.1 Å². The molecule has 220 valence electrons. The van der Waals surface area contributed by atoms with Gasteiger partial charge in [-0.25, -0.2) is 4.98 Å². The van der Waals surface area contributed by atoms with E-state index >= 15 is 0 Å². The second-order valence-corrected chi connectivity index (χ2v) is 12.8. The lowest BCUT2D eigenvalue weighted by Crippen LogP contribution is -2.55. The number of amides is 4. The number of hydrogen-bond acceptors (Lipinski definition) is 8. The van der Waals surface area contributed by atoms with Crippen LogP contribution in [0.4, 0.5) is 0 Å². The Balaban J connectivity index is 1.43. The number of rotatable bonds is 7. The van der Waals surface area contributed by atoms with Crippen LogP contribution in [0.2, 0.25) is 0 Å². The smallest absolute Gasteiger partial charge is 0.261 e. The number of aliphatic hydroxyl groups excluding tert-OH is 1. The van der Waals surface area contributed by atoms with Crippen LogP contribution in [0.3, 0.4) is 0 Å². The predicted molar refractivity (Wildman–Crippen MR) is 159 cm³/mol. The third kappa shape index (κ3) is 5.59. The van der Waals surface area contributed by atoms with Gasteiger partial charge in [0.05, 0.1) is 51.9 Å². The maximum absolute atomic E-state index is 13.8. The summed E-state index contributed by atoms with van der Waals surface area (Å²) in [5.41, 5.74) is 10.6. The van der Waals surface area contributed by atoms with Crippen LogP contribution >= 0.6 is 11.3 Å². The minimum atomic E-state index is -0.954. The highest BCUT2D eigenvalue weighted by atomic mass is 32.1. The van der Waals surface area contributed by atoms with Gasteiger partial charge in [-0.15, -0.1) is 11.3 Å². The maximum Gasteiger partial charge on any atom is 0.261 e. The number of likely N-dealkylation sites (tertiary alicyclic amines) is 1. The van der Waals surface area contributed by atoms with E-state index in [1.165, 1.54) is 16.2 Å². The molecule has 0 bridgehead atoms. The molecular weight excluding hydrogens is 554 g/mol. The fourth-order valence-electron chi connectivity index (χ4n) is 5.39. The molecule has 2 aliphatic heterocycles. The molecule has 4 atom stereocenters. The summed E-state index contributed by atoms with van der Waals surface area (Å²) in [6, 6.07) is 11.5. The van der Waals surface area contributed by atoms with Crippen molar-refractivity contribution in [2.75, 3.05) is 13.1 Å². The summed E-state index contributed by atoms with van der Waals surface area (Å²) in [6.45, 7) is 7.33. The number of aliphatic hydroxyl groups is 1. The summed E-state index contributed by atoms with van der Waals surface area (Å²) in [7, 11) is 0. The van der Waals surface area contributed by atoms with Crippen LogP contribution in [0.25, 0.3) is 10.4 Å². The van der Waals surface area contributed by atoms with Crippen LogP contribution in [0, 0.1) is 12.3 Å². The molecule has 4 N–H and O–H groups in total. The van der Waals surface area contributed by atoms with Crippen LogP contribution in [-0.4, -0.2) is 74.8 Å². The van der Waals surface area contributed by atoms with E-state index in [1.54, 1.807) is 29.8 Å². The van der Waals surface area contributed by atoms with Crippen molar-refractivity contribution in [2.45, 2.75) is 58.3 Å². The van der Waals surface area contributed by atoms with Crippen molar-refractivity contribution in [2.24, 2.45) is 11.1 Å². The number of fused-ring (bicyclic) bond motifs is 1. The minimum absolute atomic E-state index is 0.00727. The average molecular weight is 590 g/mol. The maximum atomic E-state index is 13.8. The number of aromatic nitrogens is 1. The summed E-state index contributed by atoms with van der Waals surface area (Å²) in [4.78, 5) is 61.3. The first-order valence-corrected chi connectivity index (χ1v) is 14.7. The predicted octanol–water partition coefficient (Wildman–Crippen LogP) is 2.91. The van der Waals surface area contributed by atoms with Gasteiger partial charge in [0.25, 0.3) is 11.8 Å². The van der Waals surface area contributed by atoms with E-state index in [0.717, 1.165) is 21.0 Å². The average Bonchev–Trinajstić information content (AvgIpc) is 3.64.